The molecule has 0 saturated heterocycles. The fourth-order valence-electron chi connectivity index (χ4n) is 7.71. The smallest absolute Gasteiger partial charge is 0.220 e. The maximum absolute atomic E-state index is 12.4. The molecule has 4 nitrogen and oxygen atoms in total. The third-order valence-electron chi connectivity index (χ3n) is 11.7. The molecule has 0 aromatic heterocycles. The number of carbonyl (C=O) groups is 1. The van der Waals surface area contributed by atoms with Crippen LogP contribution >= 0.6 is 0 Å². The Morgan fingerprint density at radius 3 is 1.08 bits per heavy atom. The summed E-state index contributed by atoms with van der Waals surface area (Å²) in [6.45, 7) is 4.30. The number of amides is 1. The monoisotopic (exact) mass is 824 g/mol. The van der Waals surface area contributed by atoms with Crippen molar-refractivity contribution in [1.29, 1.82) is 0 Å². The largest absolute Gasteiger partial charge is 0.394 e. The van der Waals surface area contributed by atoms with Gasteiger partial charge >= 0.3 is 0 Å². The number of hydrogen-bond acceptors (Lipinski definition) is 3. The molecule has 0 aliphatic rings. The molecule has 0 heterocycles. The quantitative estimate of drug-likeness (QED) is 0.0423. The van der Waals surface area contributed by atoms with Crippen molar-refractivity contribution in [2.45, 2.75) is 276 Å². The molecule has 59 heavy (non-hydrogen) atoms. The summed E-state index contributed by atoms with van der Waals surface area (Å²) in [6.07, 6.45) is 70.7. The topological polar surface area (TPSA) is 69.6 Å². The molecule has 0 aliphatic carbocycles. The summed E-state index contributed by atoms with van der Waals surface area (Å²) >= 11 is 0. The molecule has 3 N–H and O–H groups in total. The Balaban J connectivity index is 3.60. The lowest BCUT2D eigenvalue weighted by Crippen LogP contribution is -2.45. The predicted octanol–water partition coefficient (Wildman–Crippen LogP) is 16.9. The van der Waals surface area contributed by atoms with E-state index in [1.54, 1.807) is 6.08 Å². The molecule has 0 aromatic carbocycles. The highest BCUT2D eigenvalue weighted by Gasteiger charge is 2.17. The molecule has 0 fully saturated rings. The summed E-state index contributed by atoms with van der Waals surface area (Å²) < 4.78 is 0. The van der Waals surface area contributed by atoms with Crippen LogP contribution in [0.5, 0.6) is 0 Å². The zero-order chi connectivity index (χ0) is 42.8. The first kappa shape index (κ1) is 57.1. The van der Waals surface area contributed by atoms with Gasteiger partial charge in [0.05, 0.1) is 18.8 Å². The molecule has 1 amide bonds. The molecular formula is C55H101NO3. The summed E-state index contributed by atoms with van der Waals surface area (Å²) in [5, 5.41) is 23.1. The van der Waals surface area contributed by atoms with Crippen LogP contribution < -0.4 is 5.32 Å². The molecule has 2 unspecified atom stereocenters. The Labute approximate surface area is 368 Å². The first-order valence-electron chi connectivity index (χ1n) is 26.0. The highest BCUT2D eigenvalue weighted by molar-refractivity contribution is 5.76. The van der Waals surface area contributed by atoms with Crippen molar-refractivity contribution >= 4 is 5.91 Å². The van der Waals surface area contributed by atoms with Crippen LogP contribution in [0.2, 0.25) is 0 Å². The van der Waals surface area contributed by atoms with Crippen LogP contribution in [0.1, 0.15) is 264 Å². The van der Waals surface area contributed by atoms with Crippen molar-refractivity contribution in [3.63, 3.8) is 0 Å². The van der Waals surface area contributed by atoms with E-state index in [2.05, 4.69) is 67.8 Å². The Hall–Kier alpha value is -1.91. The first-order chi connectivity index (χ1) is 29.2. The average molecular weight is 824 g/mol. The van der Waals surface area contributed by atoms with Gasteiger partial charge in [-0.2, -0.15) is 0 Å². The number of allylic oxidation sites excluding steroid dienone is 9. The van der Waals surface area contributed by atoms with E-state index in [1.165, 1.54) is 199 Å². The lowest BCUT2D eigenvalue weighted by Gasteiger charge is -2.19. The molecule has 0 saturated carbocycles. The van der Waals surface area contributed by atoms with E-state index in [1.807, 2.05) is 6.08 Å². The standard InChI is InChI=1S/C55H101NO3/c1-3-5-7-9-11-13-15-17-19-21-23-25-27-29-30-32-34-36-38-40-42-44-46-48-50-54(58)53(52-57)56-55(59)51-49-47-45-43-41-39-37-35-33-31-28-26-24-22-20-18-16-14-12-10-8-6-4-2/h16,18,22,24,32,34,40,42,48,50,53-54,57-58H,3-15,17,19-21,23,25-31,33,35-39,41,43-47,49,51-52H2,1-2H3,(H,56,59)/b18-16-,24-22-,34-32+,42-40+,50-48+. The first-order valence-corrected chi connectivity index (χ1v) is 26.0. The average Bonchev–Trinajstić information content (AvgIpc) is 3.24. The summed E-state index contributed by atoms with van der Waals surface area (Å²) in [7, 11) is 0. The number of rotatable bonds is 47. The minimum absolute atomic E-state index is 0.0797. The van der Waals surface area contributed by atoms with Crippen molar-refractivity contribution in [2.75, 3.05) is 6.61 Å². The van der Waals surface area contributed by atoms with Gasteiger partial charge in [-0.25, -0.2) is 0 Å². The van der Waals surface area contributed by atoms with Crippen molar-refractivity contribution in [3.8, 4) is 0 Å². The van der Waals surface area contributed by atoms with Crippen LogP contribution in [0.4, 0.5) is 0 Å². The normalized spacial score (nSPS) is 13.4. The maximum Gasteiger partial charge on any atom is 0.220 e. The van der Waals surface area contributed by atoms with Crippen LogP contribution in [0.25, 0.3) is 0 Å². The van der Waals surface area contributed by atoms with Crippen LogP contribution in [0.3, 0.4) is 0 Å². The summed E-state index contributed by atoms with van der Waals surface area (Å²) in [5.41, 5.74) is 0. The molecule has 0 spiro atoms. The fourth-order valence-corrected chi connectivity index (χ4v) is 7.71. The Morgan fingerprint density at radius 2 is 0.712 bits per heavy atom. The number of carbonyl (C=O) groups excluding carboxylic acids is 1. The molecule has 0 rings (SSSR count). The van der Waals surface area contributed by atoms with E-state index < -0.39 is 12.1 Å². The van der Waals surface area contributed by atoms with E-state index in [0.717, 1.165) is 44.9 Å². The minimum atomic E-state index is -0.873. The third kappa shape index (κ3) is 47.0. The zero-order valence-corrected chi connectivity index (χ0v) is 39.5. The molecule has 0 radical (unpaired) electrons. The lowest BCUT2D eigenvalue weighted by atomic mass is 10.0. The SMILES string of the molecule is CCCCCCC/C=C\C/C=C\CCCCCCCCCCCCCC(=O)NC(CO)C(O)/C=C/CC/C=C/CC/C=C/CCCCCCCCCCCCCCCC. The highest BCUT2D eigenvalue weighted by atomic mass is 16.3. The summed E-state index contributed by atoms with van der Waals surface area (Å²) in [4.78, 5) is 12.4. The summed E-state index contributed by atoms with van der Waals surface area (Å²) in [6, 6.07) is -0.649. The van der Waals surface area contributed by atoms with Gasteiger partial charge in [0.2, 0.25) is 5.91 Å². The second-order valence-electron chi connectivity index (χ2n) is 17.6. The molecule has 4 heteroatoms. The molecule has 0 bridgehead atoms. The lowest BCUT2D eigenvalue weighted by molar-refractivity contribution is -0.123. The number of aliphatic hydroxyl groups is 2. The van der Waals surface area contributed by atoms with Gasteiger partial charge in [-0.05, 0) is 77.0 Å². The third-order valence-corrected chi connectivity index (χ3v) is 11.7. The van der Waals surface area contributed by atoms with Crippen LogP contribution in [-0.4, -0.2) is 34.9 Å². The van der Waals surface area contributed by atoms with Crippen molar-refractivity contribution in [3.05, 3.63) is 60.8 Å². The van der Waals surface area contributed by atoms with Gasteiger partial charge in [-0.3, -0.25) is 4.79 Å². The van der Waals surface area contributed by atoms with Crippen molar-refractivity contribution in [1.82, 2.24) is 5.32 Å². The van der Waals surface area contributed by atoms with Gasteiger partial charge in [-0.15, -0.1) is 0 Å². The second kappa shape index (κ2) is 50.4. The number of hydrogen-bond donors (Lipinski definition) is 3. The number of aliphatic hydroxyl groups excluding tert-OH is 2. The van der Waals surface area contributed by atoms with Gasteiger partial charge in [0.1, 0.15) is 0 Å². The van der Waals surface area contributed by atoms with E-state index in [0.29, 0.717) is 6.42 Å². The van der Waals surface area contributed by atoms with Crippen LogP contribution in [-0.2, 0) is 4.79 Å². The van der Waals surface area contributed by atoms with Gasteiger partial charge in [0.25, 0.3) is 0 Å². The van der Waals surface area contributed by atoms with Crippen LogP contribution in [0, 0.1) is 0 Å². The van der Waals surface area contributed by atoms with E-state index >= 15 is 0 Å². The molecule has 344 valence electrons. The minimum Gasteiger partial charge on any atom is -0.394 e. The Bertz CT molecular complexity index is 981. The highest BCUT2D eigenvalue weighted by Crippen LogP contribution is 2.15. The van der Waals surface area contributed by atoms with Gasteiger partial charge in [-0.1, -0.05) is 242 Å². The number of unbranched alkanes of at least 4 members (excludes halogenated alkanes) is 32. The van der Waals surface area contributed by atoms with Gasteiger partial charge in [0, 0.05) is 6.42 Å². The molecule has 0 aliphatic heterocycles. The zero-order valence-electron chi connectivity index (χ0n) is 39.5. The number of nitrogens with one attached hydrogen (secondary N) is 1. The Morgan fingerprint density at radius 1 is 0.407 bits per heavy atom. The van der Waals surface area contributed by atoms with Gasteiger partial charge < -0.3 is 15.5 Å². The van der Waals surface area contributed by atoms with Crippen LogP contribution in [0.15, 0.2) is 60.8 Å². The molecule has 0 aromatic rings. The van der Waals surface area contributed by atoms with E-state index in [9.17, 15) is 15.0 Å². The second-order valence-corrected chi connectivity index (χ2v) is 17.6. The van der Waals surface area contributed by atoms with Crippen molar-refractivity contribution < 1.29 is 15.0 Å². The van der Waals surface area contributed by atoms with E-state index in [-0.39, 0.29) is 12.5 Å². The summed E-state index contributed by atoms with van der Waals surface area (Å²) in [5.74, 6) is -0.0797. The van der Waals surface area contributed by atoms with Gasteiger partial charge in [0.15, 0.2) is 0 Å². The Kier molecular flexibility index (Phi) is 48.8. The molecule has 2 atom stereocenters. The fraction of sp³-hybridized carbons (Fsp3) is 0.800. The van der Waals surface area contributed by atoms with Crippen molar-refractivity contribution in [2.24, 2.45) is 0 Å². The van der Waals surface area contributed by atoms with E-state index in [4.69, 9.17) is 0 Å². The predicted molar refractivity (Wildman–Crippen MR) is 262 cm³/mol. The molecular weight excluding hydrogens is 723 g/mol. The maximum atomic E-state index is 12.4.